The van der Waals surface area contributed by atoms with Gasteiger partial charge in [-0.2, -0.15) is 0 Å². The lowest BCUT2D eigenvalue weighted by atomic mass is 10.2. The van der Waals surface area contributed by atoms with E-state index in [1.807, 2.05) is 45.9 Å². The first-order valence-corrected chi connectivity index (χ1v) is 6.35. The summed E-state index contributed by atoms with van der Waals surface area (Å²) in [4.78, 5) is 4.27. The van der Waals surface area contributed by atoms with E-state index < -0.39 is 6.10 Å². The van der Waals surface area contributed by atoms with E-state index in [9.17, 15) is 5.11 Å². The minimum atomic E-state index is -0.504. The van der Waals surface area contributed by atoms with E-state index in [2.05, 4.69) is 10.3 Å². The van der Waals surface area contributed by atoms with Crippen molar-refractivity contribution in [2.75, 3.05) is 13.2 Å². The number of pyridine rings is 1. The molecule has 0 saturated heterocycles. The molecule has 1 unspecified atom stereocenters. The lowest BCUT2D eigenvalue weighted by Gasteiger charge is -2.23. The van der Waals surface area contributed by atoms with Crippen molar-refractivity contribution in [2.24, 2.45) is 0 Å². The Kier molecular flexibility index (Phi) is 5.72. The Morgan fingerprint density at radius 3 is 2.67 bits per heavy atom. The van der Waals surface area contributed by atoms with Crippen LogP contribution in [0.3, 0.4) is 0 Å². The highest BCUT2D eigenvalue weighted by atomic mass is 16.5. The summed E-state index contributed by atoms with van der Waals surface area (Å²) in [7, 11) is 0. The molecule has 2 atom stereocenters. The van der Waals surface area contributed by atoms with Gasteiger partial charge in [-0.05, 0) is 39.8 Å². The van der Waals surface area contributed by atoms with Gasteiger partial charge in [-0.3, -0.25) is 4.98 Å². The fraction of sp³-hybridized carbons (Fsp3) is 0.643. The van der Waals surface area contributed by atoms with Gasteiger partial charge in [0.25, 0.3) is 0 Å². The Bertz CT molecular complexity index is 335. The number of ether oxygens (including phenoxy) is 1. The maximum absolute atomic E-state index is 9.80. The molecule has 4 nitrogen and oxygen atoms in total. The number of nitrogens with one attached hydrogen (secondary N) is 1. The van der Waals surface area contributed by atoms with Gasteiger partial charge in [0, 0.05) is 18.8 Å². The first-order chi connectivity index (χ1) is 8.38. The number of aliphatic hydroxyl groups is 1. The van der Waals surface area contributed by atoms with Crippen LogP contribution >= 0.6 is 0 Å². The molecular formula is C14H24N2O2. The van der Waals surface area contributed by atoms with Crippen molar-refractivity contribution in [3.63, 3.8) is 0 Å². The fourth-order valence-corrected chi connectivity index (χ4v) is 1.45. The average molecular weight is 252 g/mol. The molecule has 18 heavy (non-hydrogen) atoms. The van der Waals surface area contributed by atoms with Crippen molar-refractivity contribution in [3.05, 3.63) is 30.1 Å². The van der Waals surface area contributed by atoms with E-state index in [0.717, 1.165) is 5.69 Å². The smallest absolute Gasteiger partial charge is 0.0898 e. The van der Waals surface area contributed by atoms with Gasteiger partial charge in [0.05, 0.1) is 24.0 Å². The number of rotatable bonds is 6. The van der Waals surface area contributed by atoms with Gasteiger partial charge in [-0.25, -0.2) is 0 Å². The molecule has 1 aromatic heterocycles. The molecule has 1 heterocycles. The van der Waals surface area contributed by atoms with Gasteiger partial charge >= 0.3 is 0 Å². The molecule has 0 aliphatic heterocycles. The Morgan fingerprint density at radius 1 is 1.39 bits per heavy atom. The summed E-state index contributed by atoms with van der Waals surface area (Å²) in [5.74, 6) is 0. The quantitative estimate of drug-likeness (QED) is 0.812. The molecule has 0 spiro atoms. The predicted molar refractivity (Wildman–Crippen MR) is 72.4 cm³/mol. The highest BCUT2D eigenvalue weighted by Crippen LogP contribution is 2.09. The molecule has 1 rings (SSSR count). The van der Waals surface area contributed by atoms with Crippen molar-refractivity contribution in [2.45, 2.75) is 45.4 Å². The van der Waals surface area contributed by atoms with Crippen molar-refractivity contribution in [1.82, 2.24) is 10.3 Å². The van der Waals surface area contributed by atoms with E-state index >= 15 is 0 Å². The topological polar surface area (TPSA) is 54.4 Å². The van der Waals surface area contributed by atoms with E-state index in [0.29, 0.717) is 13.2 Å². The number of aromatic nitrogens is 1. The Balaban J connectivity index is 2.28. The van der Waals surface area contributed by atoms with E-state index in [1.165, 1.54) is 0 Å². The Labute approximate surface area is 109 Å². The van der Waals surface area contributed by atoms with Crippen LogP contribution < -0.4 is 5.32 Å². The van der Waals surface area contributed by atoms with Gasteiger partial charge in [-0.15, -0.1) is 0 Å². The Morgan fingerprint density at radius 2 is 2.11 bits per heavy atom. The van der Waals surface area contributed by atoms with Crippen LogP contribution in [-0.2, 0) is 4.74 Å². The normalized spacial score (nSPS) is 15.4. The monoisotopic (exact) mass is 252 g/mol. The molecule has 4 heteroatoms. The van der Waals surface area contributed by atoms with Gasteiger partial charge in [0.2, 0.25) is 0 Å². The molecule has 0 aliphatic carbocycles. The zero-order valence-electron chi connectivity index (χ0n) is 11.7. The number of hydrogen-bond acceptors (Lipinski definition) is 4. The lowest BCUT2D eigenvalue weighted by molar-refractivity contribution is -0.0483. The maximum atomic E-state index is 9.80. The lowest BCUT2D eigenvalue weighted by Crippen LogP contribution is -2.35. The van der Waals surface area contributed by atoms with Crippen LogP contribution in [0, 0.1) is 0 Å². The van der Waals surface area contributed by atoms with Crippen molar-refractivity contribution in [3.8, 4) is 0 Å². The standard InChI is InChI=1S/C14H24N2O2/c1-11(13-7-5-6-8-15-13)16-9-12(17)10-18-14(2,3)4/h5-8,11-12,16-17H,9-10H2,1-4H3/t11-,12?/m1/s1. The van der Waals surface area contributed by atoms with E-state index in [-0.39, 0.29) is 11.6 Å². The van der Waals surface area contributed by atoms with Crippen LogP contribution in [0.4, 0.5) is 0 Å². The molecule has 1 aromatic rings. The third-order valence-electron chi connectivity index (χ3n) is 2.50. The average Bonchev–Trinajstić information content (AvgIpc) is 2.33. The summed E-state index contributed by atoms with van der Waals surface area (Å²) in [5, 5.41) is 13.0. The second kappa shape index (κ2) is 6.83. The Hall–Kier alpha value is -0.970. The highest BCUT2D eigenvalue weighted by molar-refractivity contribution is 5.07. The number of hydrogen-bond donors (Lipinski definition) is 2. The molecule has 0 aromatic carbocycles. The van der Waals surface area contributed by atoms with Crippen LogP contribution in [0.1, 0.15) is 39.4 Å². The molecule has 102 valence electrons. The molecule has 0 saturated carbocycles. The van der Waals surface area contributed by atoms with Crippen LogP contribution in [0.25, 0.3) is 0 Å². The minimum Gasteiger partial charge on any atom is -0.389 e. The van der Waals surface area contributed by atoms with Crippen LogP contribution in [-0.4, -0.2) is 34.9 Å². The molecular weight excluding hydrogens is 228 g/mol. The second-order valence-electron chi connectivity index (χ2n) is 5.46. The zero-order valence-corrected chi connectivity index (χ0v) is 11.7. The first kappa shape index (κ1) is 15.1. The molecule has 0 fully saturated rings. The van der Waals surface area contributed by atoms with E-state index in [4.69, 9.17) is 4.74 Å². The van der Waals surface area contributed by atoms with Gasteiger partial charge < -0.3 is 15.2 Å². The molecule has 2 N–H and O–H groups in total. The molecule has 0 radical (unpaired) electrons. The summed E-state index contributed by atoms with van der Waals surface area (Å²) >= 11 is 0. The van der Waals surface area contributed by atoms with Gasteiger partial charge in [-0.1, -0.05) is 6.07 Å². The zero-order chi connectivity index (χ0) is 13.6. The van der Waals surface area contributed by atoms with Gasteiger partial charge in [0.15, 0.2) is 0 Å². The molecule has 0 amide bonds. The van der Waals surface area contributed by atoms with E-state index in [1.54, 1.807) is 6.20 Å². The van der Waals surface area contributed by atoms with Crippen molar-refractivity contribution in [1.29, 1.82) is 0 Å². The molecule has 0 aliphatic rings. The van der Waals surface area contributed by atoms with Crippen LogP contribution in [0.15, 0.2) is 24.4 Å². The molecule has 0 bridgehead atoms. The van der Waals surface area contributed by atoms with Crippen molar-refractivity contribution >= 4 is 0 Å². The minimum absolute atomic E-state index is 0.121. The highest BCUT2D eigenvalue weighted by Gasteiger charge is 2.14. The predicted octanol–water partition coefficient (Wildman–Crippen LogP) is 1.91. The summed E-state index contributed by atoms with van der Waals surface area (Å²) in [6, 6.07) is 5.94. The SMILES string of the molecule is C[C@@H](NCC(O)COC(C)(C)C)c1ccccn1. The van der Waals surface area contributed by atoms with Crippen LogP contribution in [0.2, 0.25) is 0 Å². The number of aliphatic hydroxyl groups excluding tert-OH is 1. The fourth-order valence-electron chi connectivity index (χ4n) is 1.45. The third-order valence-corrected chi connectivity index (χ3v) is 2.50. The summed E-state index contributed by atoms with van der Waals surface area (Å²) < 4.78 is 5.52. The second-order valence-corrected chi connectivity index (χ2v) is 5.46. The first-order valence-electron chi connectivity index (χ1n) is 6.35. The third kappa shape index (κ3) is 6.10. The van der Waals surface area contributed by atoms with Gasteiger partial charge in [0.1, 0.15) is 0 Å². The number of nitrogens with zero attached hydrogens (tertiary/aromatic N) is 1. The van der Waals surface area contributed by atoms with Crippen LogP contribution in [0.5, 0.6) is 0 Å². The summed E-state index contributed by atoms with van der Waals surface area (Å²) in [5.41, 5.74) is 0.759. The van der Waals surface area contributed by atoms with Crippen molar-refractivity contribution < 1.29 is 9.84 Å². The maximum Gasteiger partial charge on any atom is 0.0898 e. The summed E-state index contributed by atoms with van der Waals surface area (Å²) in [6.45, 7) is 8.79. The largest absolute Gasteiger partial charge is 0.389 e. The summed E-state index contributed by atoms with van der Waals surface area (Å²) in [6.07, 6.45) is 1.27.